The Labute approximate surface area is 144 Å². The van der Waals surface area contributed by atoms with Gasteiger partial charge in [-0.2, -0.15) is 0 Å². The third-order valence-electron chi connectivity index (χ3n) is 4.97. The molecule has 3 heteroatoms. The van der Waals surface area contributed by atoms with Gasteiger partial charge in [0.05, 0.1) is 7.11 Å². The fourth-order valence-electron chi connectivity index (χ4n) is 3.30. The average Bonchev–Trinajstić information content (AvgIpc) is 3.16. The van der Waals surface area contributed by atoms with E-state index in [-0.39, 0.29) is 11.7 Å². The van der Waals surface area contributed by atoms with Crippen LogP contribution in [-0.4, -0.2) is 26.0 Å². The van der Waals surface area contributed by atoms with Gasteiger partial charge in [0.25, 0.3) is 0 Å². The van der Waals surface area contributed by atoms with E-state index in [9.17, 15) is 4.79 Å². The van der Waals surface area contributed by atoms with Crippen molar-refractivity contribution in [2.75, 3.05) is 20.2 Å². The first-order chi connectivity index (χ1) is 11.7. The Balaban J connectivity index is 1.65. The van der Waals surface area contributed by atoms with Gasteiger partial charge in [0.1, 0.15) is 11.5 Å². The Kier molecular flexibility index (Phi) is 5.31. The van der Waals surface area contributed by atoms with E-state index in [4.69, 9.17) is 4.74 Å². The molecule has 0 radical (unpaired) electrons. The molecule has 0 aliphatic carbocycles. The number of carbonyl (C=O) groups is 1. The van der Waals surface area contributed by atoms with Gasteiger partial charge in [-0.15, -0.1) is 0 Å². The Bertz CT molecular complexity index is 687. The molecular formula is C21H25NO2. The zero-order valence-electron chi connectivity index (χ0n) is 14.4. The third-order valence-corrected chi connectivity index (χ3v) is 4.97. The van der Waals surface area contributed by atoms with Crippen molar-refractivity contribution < 1.29 is 9.53 Å². The van der Waals surface area contributed by atoms with Crippen LogP contribution in [0.4, 0.5) is 0 Å². The fraction of sp³-hybridized carbons (Fsp3) is 0.381. The van der Waals surface area contributed by atoms with E-state index in [1.807, 2.05) is 31.2 Å². The quantitative estimate of drug-likeness (QED) is 0.881. The molecule has 2 aromatic rings. The molecular weight excluding hydrogens is 298 g/mol. The molecule has 0 aromatic heterocycles. The normalized spacial score (nSPS) is 18.3. The highest BCUT2D eigenvalue weighted by atomic mass is 16.5. The summed E-state index contributed by atoms with van der Waals surface area (Å²) >= 11 is 0. The van der Waals surface area contributed by atoms with Gasteiger partial charge in [-0.05, 0) is 47.7 Å². The van der Waals surface area contributed by atoms with Crippen molar-refractivity contribution in [1.82, 2.24) is 5.32 Å². The maximum Gasteiger partial charge on any atom is 0.144 e. The van der Waals surface area contributed by atoms with E-state index in [0.29, 0.717) is 12.3 Å². The molecule has 1 fully saturated rings. The molecule has 0 saturated carbocycles. The molecule has 3 rings (SSSR count). The van der Waals surface area contributed by atoms with Gasteiger partial charge in [-0.1, -0.05) is 43.3 Å². The van der Waals surface area contributed by atoms with Crippen LogP contribution in [0.15, 0.2) is 48.5 Å². The maximum atomic E-state index is 12.6. The summed E-state index contributed by atoms with van der Waals surface area (Å²) in [6.07, 6.45) is 1.67. The number of ketones is 1. The summed E-state index contributed by atoms with van der Waals surface area (Å²) in [7, 11) is 1.65. The van der Waals surface area contributed by atoms with Crippen molar-refractivity contribution >= 4 is 5.78 Å². The second kappa shape index (κ2) is 7.63. The molecule has 1 N–H and O–H groups in total. The van der Waals surface area contributed by atoms with Gasteiger partial charge >= 0.3 is 0 Å². The van der Waals surface area contributed by atoms with Gasteiger partial charge in [0, 0.05) is 18.9 Å². The number of rotatable bonds is 6. The Morgan fingerprint density at radius 3 is 2.71 bits per heavy atom. The third kappa shape index (κ3) is 3.85. The van der Waals surface area contributed by atoms with Crippen LogP contribution in [0.2, 0.25) is 0 Å². The Morgan fingerprint density at radius 2 is 2.04 bits per heavy atom. The molecule has 2 unspecified atom stereocenters. The molecule has 1 aliphatic heterocycles. The largest absolute Gasteiger partial charge is 0.497 e. The van der Waals surface area contributed by atoms with E-state index in [1.165, 1.54) is 12.0 Å². The van der Waals surface area contributed by atoms with Crippen molar-refractivity contribution in [3.63, 3.8) is 0 Å². The van der Waals surface area contributed by atoms with Crippen LogP contribution >= 0.6 is 0 Å². The van der Waals surface area contributed by atoms with Crippen LogP contribution in [0.25, 0.3) is 0 Å². The Morgan fingerprint density at radius 1 is 1.25 bits per heavy atom. The van der Waals surface area contributed by atoms with Gasteiger partial charge in [0.15, 0.2) is 0 Å². The molecule has 2 atom stereocenters. The lowest BCUT2D eigenvalue weighted by molar-refractivity contribution is -0.119. The Hall–Kier alpha value is -2.13. The summed E-state index contributed by atoms with van der Waals surface area (Å²) in [5.41, 5.74) is 3.47. The average molecular weight is 323 g/mol. The lowest BCUT2D eigenvalue weighted by Gasteiger charge is -2.13. The van der Waals surface area contributed by atoms with Crippen LogP contribution in [0.3, 0.4) is 0 Å². The number of benzene rings is 2. The molecule has 1 heterocycles. The second-order valence-corrected chi connectivity index (χ2v) is 6.57. The monoisotopic (exact) mass is 323 g/mol. The minimum Gasteiger partial charge on any atom is -0.497 e. The van der Waals surface area contributed by atoms with Crippen molar-refractivity contribution in [2.45, 2.75) is 31.6 Å². The molecule has 3 nitrogen and oxygen atoms in total. The number of hydrogen-bond donors (Lipinski definition) is 1. The molecule has 24 heavy (non-hydrogen) atoms. The van der Waals surface area contributed by atoms with E-state index in [0.717, 1.165) is 30.0 Å². The van der Waals surface area contributed by atoms with Gasteiger partial charge < -0.3 is 10.1 Å². The first-order valence-corrected chi connectivity index (χ1v) is 8.63. The number of hydrogen-bond acceptors (Lipinski definition) is 3. The highest BCUT2D eigenvalue weighted by Gasteiger charge is 2.18. The molecule has 0 spiro atoms. The molecule has 0 bridgehead atoms. The number of methoxy groups -OCH3 is 1. The van der Waals surface area contributed by atoms with Gasteiger partial charge in [0.2, 0.25) is 0 Å². The smallest absolute Gasteiger partial charge is 0.144 e. The standard InChI is InChI=1S/C21H25NO2/c1-15(18-4-3-5-20(13-18)24-2)21(23)12-16-6-8-17(9-7-16)19-10-11-22-14-19/h3-9,13,15,19,22H,10-12,14H2,1-2H3. The maximum absolute atomic E-state index is 12.6. The van der Waals surface area contributed by atoms with Crippen molar-refractivity contribution in [3.8, 4) is 5.75 Å². The van der Waals surface area contributed by atoms with Gasteiger partial charge in [-0.3, -0.25) is 4.79 Å². The topological polar surface area (TPSA) is 38.3 Å². The number of Topliss-reactive ketones (excluding diaryl/α,β-unsaturated/α-hetero) is 1. The van der Waals surface area contributed by atoms with E-state index in [1.54, 1.807) is 7.11 Å². The van der Waals surface area contributed by atoms with Crippen LogP contribution in [0, 0.1) is 0 Å². The summed E-state index contributed by atoms with van der Waals surface area (Å²) in [6.45, 7) is 4.13. The van der Waals surface area contributed by atoms with Crippen molar-refractivity contribution in [3.05, 3.63) is 65.2 Å². The first-order valence-electron chi connectivity index (χ1n) is 8.63. The van der Waals surface area contributed by atoms with Crippen molar-refractivity contribution in [2.24, 2.45) is 0 Å². The summed E-state index contributed by atoms with van der Waals surface area (Å²) in [5.74, 6) is 1.52. The minimum absolute atomic E-state index is 0.126. The van der Waals surface area contributed by atoms with Crippen LogP contribution < -0.4 is 10.1 Å². The summed E-state index contributed by atoms with van der Waals surface area (Å²) in [5, 5.41) is 3.40. The lowest BCUT2D eigenvalue weighted by Crippen LogP contribution is -2.12. The first kappa shape index (κ1) is 16.7. The second-order valence-electron chi connectivity index (χ2n) is 6.57. The molecule has 2 aromatic carbocycles. The molecule has 1 aliphatic rings. The molecule has 126 valence electrons. The minimum atomic E-state index is -0.126. The highest BCUT2D eigenvalue weighted by molar-refractivity contribution is 5.87. The van der Waals surface area contributed by atoms with Crippen LogP contribution in [0.1, 0.15) is 41.9 Å². The number of carbonyl (C=O) groups excluding carboxylic acids is 1. The van der Waals surface area contributed by atoms with Gasteiger partial charge in [-0.25, -0.2) is 0 Å². The zero-order valence-corrected chi connectivity index (χ0v) is 14.4. The SMILES string of the molecule is COc1cccc(C(C)C(=O)Cc2ccc(C3CCNC3)cc2)c1. The van der Waals surface area contributed by atoms with Crippen LogP contribution in [0.5, 0.6) is 5.75 Å². The summed E-state index contributed by atoms with van der Waals surface area (Å²) in [4.78, 5) is 12.6. The zero-order chi connectivity index (χ0) is 16.9. The summed E-state index contributed by atoms with van der Waals surface area (Å²) < 4.78 is 5.25. The summed E-state index contributed by atoms with van der Waals surface area (Å²) in [6, 6.07) is 16.3. The van der Waals surface area contributed by atoms with E-state index >= 15 is 0 Å². The lowest BCUT2D eigenvalue weighted by atomic mass is 9.91. The molecule has 0 amide bonds. The predicted molar refractivity (Wildman–Crippen MR) is 96.8 cm³/mol. The van der Waals surface area contributed by atoms with Crippen molar-refractivity contribution in [1.29, 1.82) is 0 Å². The predicted octanol–water partition coefficient (Wildman–Crippen LogP) is 3.69. The molecule has 1 saturated heterocycles. The van der Waals surface area contributed by atoms with Crippen LogP contribution in [-0.2, 0) is 11.2 Å². The number of ether oxygens (including phenoxy) is 1. The van der Waals surface area contributed by atoms with E-state index < -0.39 is 0 Å². The highest BCUT2D eigenvalue weighted by Crippen LogP contribution is 2.25. The fourth-order valence-corrected chi connectivity index (χ4v) is 3.30. The number of nitrogens with one attached hydrogen (secondary N) is 1. The van der Waals surface area contributed by atoms with E-state index in [2.05, 4.69) is 29.6 Å².